The van der Waals surface area contributed by atoms with Crippen LogP contribution in [0.25, 0.3) is 5.69 Å². The number of carboxylic acid groups (broad SMARTS) is 1. The number of thioether (sulfide) groups is 1. The van der Waals surface area contributed by atoms with Gasteiger partial charge >= 0.3 is 5.97 Å². The van der Waals surface area contributed by atoms with Gasteiger partial charge in [-0.25, -0.2) is 4.68 Å². The molecular formula is C13H15N3O2S. The zero-order chi connectivity index (χ0) is 13.7. The van der Waals surface area contributed by atoms with E-state index in [1.807, 2.05) is 36.5 Å². The van der Waals surface area contributed by atoms with Gasteiger partial charge in [-0.1, -0.05) is 12.1 Å². The maximum Gasteiger partial charge on any atom is 0.321 e. The van der Waals surface area contributed by atoms with Crippen molar-refractivity contribution in [3.05, 3.63) is 48.3 Å². The minimum atomic E-state index is -0.957. The molecule has 0 saturated carbocycles. The molecule has 0 amide bonds. The quantitative estimate of drug-likeness (QED) is 0.836. The Morgan fingerprint density at radius 3 is 2.74 bits per heavy atom. The van der Waals surface area contributed by atoms with Crippen LogP contribution in [0.15, 0.2) is 42.7 Å². The summed E-state index contributed by atoms with van der Waals surface area (Å²) in [7, 11) is 0. The molecule has 0 fully saturated rings. The van der Waals surface area contributed by atoms with Gasteiger partial charge in [0, 0.05) is 23.9 Å². The lowest BCUT2D eigenvalue weighted by Gasteiger charge is -2.07. The third-order valence-corrected chi connectivity index (χ3v) is 3.72. The van der Waals surface area contributed by atoms with Gasteiger partial charge in [0.25, 0.3) is 0 Å². The molecule has 1 aromatic heterocycles. The molecule has 100 valence electrons. The van der Waals surface area contributed by atoms with Crippen LogP contribution >= 0.6 is 11.8 Å². The number of hydrogen-bond donors (Lipinski definition) is 2. The first kappa shape index (κ1) is 13.6. The average Bonchev–Trinajstić information content (AvgIpc) is 2.93. The number of nitrogens with two attached hydrogens (primary N) is 1. The molecule has 0 saturated heterocycles. The van der Waals surface area contributed by atoms with Gasteiger partial charge < -0.3 is 10.8 Å². The van der Waals surface area contributed by atoms with Crippen molar-refractivity contribution in [1.29, 1.82) is 0 Å². The second kappa shape index (κ2) is 6.40. The minimum Gasteiger partial charge on any atom is -0.480 e. The summed E-state index contributed by atoms with van der Waals surface area (Å²) in [6.07, 6.45) is 3.62. The second-order valence-electron chi connectivity index (χ2n) is 4.08. The van der Waals surface area contributed by atoms with Gasteiger partial charge in [-0.2, -0.15) is 16.9 Å². The molecule has 0 aliphatic carbocycles. The van der Waals surface area contributed by atoms with Gasteiger partial charge in [-0.15, -0.1) is 0 Å². The Morgan fingerprint density at radius 1 is 1.42 bits per heavy atom. The van der Waals surface area contributed by atoms with Crippen LogP contribution in [0, 0.1) is 0 Å². The molecule has 2 aromatic rings. The fourth-order valence-electron chi connectivity index (χ4n) is 1.54. The average molecular weight is 277 g/mol. The highest BCUT2D eigenvalue weighted by Gasteiger charge is 2.10. The molecule has 1 heterocycles. The number of nitrogens with zero attached hydrogens (tertiary/aromatic N) is 2. The maximum atomic E-state index is 10.6. The van der Waals surface area contributed by atoms with E-state index < -0.39 is 12.0 Å². The Labute approximate surface area is 115 Å². The van der Waals surface area contributed by atoms with Crippen LogP contribution in [0.1, 0.15) is 5.56 Å². The van der Waals surface area contributed by atoms with Gasteiger partial charge in [0.1, 0.15) is 6.04 Å². The van der Waals surface area contributed by atoms with Gasteiger partial charge in [0.2, 0.25) is 0 Å². The molecule has 0 spiro atoms. The largest absolute Gasteiger partial charge is 0.480 e. The van der Waals surface area contributed by atoms with Gasteiger partial charge in [0.05, 0.1) is 5.69 Å². The molecule has 6 heteroatoms. The third-order valence-electron chi connectivity index (χ3n) is 2.59. The molecule has 0 aliphatic rings. The highest BCUT2D eigenvalue weighted by molar-refractivity contribution is 7.98. The van der Waals surface area contributed by atoms with Crippen LogP contribution in [-0.4, -0.2) is 32.7 Å². The van der Waals surface area contributed by atoms with Crippen LogP contribution in [0.4, 0.5) is 0 Å². The van der Waals surface area contributed by atoms with Gasteiger partial charge in [0.15, 0.2) is 0 Å². The summed E-state index contributed by atoms with van der Waals surface area (Å²) in [6.45, 7) is 0. The van der Waals surface area contributed by atoms with Crippen LogP contribution < -0.4 is 5.73 Å². The predicted molar refractivity (Wildman–Crippen MR) is 75.3 cm³/mol. The molecule has 3 N–H and O–H groups in total. The standard InChI is InChI=1S/C13H15N3O2S/c14-12(13(17)18)9-19-8-10-2-4-11(5-3-10)16-7-1-6-15-16/h1-7,12H,8-9,14H2,(H,17,18)/t12-/m0/s1. The van der Waals surface area contributed by atoms with Crippen molar-refractivity contribution in [1.82, 2.24) is 9.78 Å². The van der Waals surface area contributed by atoms with E-state index in [1.165, 1.54) is 11.8 Å². The van der Waals surface area contributed by atoms with Crippen molar-refractivity contribution in [2.75, 3.05) is 5.75 Å². The first-order chi connectivity index (χ1) is 9.16. The molecule has 0 bridgehead atoms. The van der Waals surface area contributed by atoms with E-state index in [2.05, 4.69) is 5.10 Å². The lowest BCUT2D eigenvalue weighted by molar-refractivity contribution is -0.137. The lowest BCUT2D eigenvalue weighted by Crippen LogP contribution is -2.32. The Kier molecular flexibility index (Phi) is 4.59. The number of carbonyl (C=O) groups is 1. The fraction of sp³-hybridized carbons (Fsp3) is 0.231. The van der Waals surface area contributed by atoms with Gasteiger partial charge in [-0.05, 0) is 23.8 Å². The number of hydrogen-bond acceptors (Lipinski definition) is 4. The second-order valence-corrected chi connectivity index (χ2v) is 5.11. The van der Waals surface area contributed by atoms with Crippen molar-refractivity contribution in [2.24, 2.45) is 5.73 Å². The Morgan fingerprint density at radius 2 is 2.16 bits per heavy atom. The highest BCUT2D eigenvalue weighted by Crippen LogP contribution is 2.15. The Bertz CT molecular complexity index is 525. The van der Waals surface area contributed by atoms with E-state index in [4.69, 9.17) is 10.8 Å². The first-order valence-corrected chi connectivity index (χ1v) is 6.97. The molecule has 0 radical (unpaired) electrons. The first-order valence-electron chi connectivity index (χ1n) is 5.82. The number of aromatic nitrogens is 2. The van der Waals surface area contributed by atoms with Crippen LogP contribution in [0.2, 0.25) is 0 Å². The van der Waals surface area contributed by atoms with Crippen molar-refractivity contribution in [3.63, 3.8) is 0 Å². The lowest BCUT2D eigenvalue weighted by atomic mass is 10.2. The molecule has 19 heavy (non-hydrogen) atoms. The highest BCUT2D eigenvalue weighted by atomic mass is 32.2. The van der Waals surface area contributed by atoms with Crippen LogP contribution in [-0.2, 0) is 10.5 Å². The van der Waals surface area contributed by atoms with Crippen molar-refractivity contribution < 1.29 is 9.90 Å². The Balaban J connectivity index is 1.87. The summed E-state index contributed by atoms with van der Waals surface area (Å²) >= 11 is 1.52. The van der Waals surface area contributed by atoms with E-state index in [0.29, 0.717) is 5.75 Å². The summed E-state index contributed by atoms with van der Waals surface area (Å²) in [6, 6.07) is 9.07. The zero-order valence-corrected chi connectivity index (χ0v) is 11.1. The topological polar surface area (TPSA) is 81.1 Å². The van der Waals surface area contributed by atoms with E-state index in [9.17, 15) is 4.79 Å². The van der Waals surface area contributed by atoms with Gasteiger partial charge in [-0.3, -0.25) is 4.79 Å². The SMILES string of the molecule is N[C@@H](CSCc1ccc(-n2cccn2)cc1)C(=O)O. The number of benzene rings is 1. The molecule has 0 unspecified atom stereocenters. The number of carboxylic acids is 1. The van der Waals surface area contributed by atoms with Crippen molar-refractivity contribution in [3.8, 4) is 5.69 Å². The van der Waals surface area contributed by atoms with Crippen molar-refractivity contribution in [2.45, 2.75) is 11.8 Å². The summed E-state index contributed by atoms with van der Waals surface area (Å²) in [5.41, 5.74) is 7.58. The number of aliphatic carboxylic acids is 1. The molecular weight excluding hydrogens is 262 g/mol. The zero-order valence-electron chi connectivity index (χ0n) is 10.3. The summed E-state index contributed by atoms with van der Waals surface area (Å²) in [4.78, 5) is 10.6. The van der Waals surface area contributed by atoms with E-state index in [-0.39, 0.29) is 0 Å². The van der Waals surface area contributed by atoms with Crippen LogP contribution in [0.3, 0.4) is 0 Å². The summed E-state index contributed by atoms with van der Waals surface area (Å²) in [5, 5.41) is 12.8. The monoisotopic (exact) mass is 277 g/mol. The molecule has 1 atom stereocenters. The number of rotatable bonds is 6. The summed E-state index contributed by atoms with van der Waals surface area (Å²) < 4.78 is 1.79. The normalized spacial score (nSPS) is 12.3. The van der Waals surface area contributed by atoms with Crippen LogP contribution in [0.5, 0.6) is 0 Å². The molecule has 5 nitrogen and oxygen atoms in total. The fourth-order valence-corrected chi connectivity index (χ4v) is 2.48. The third kappa shape index (κ3) is 3.84. The molecule has 1 aromatic carbocycles. The van der Waals surface area contributed by atoms with Crippen molar-refractivity contribution >= 4 is 17.7 Å². The molecule has 2 rings (SSSR count). The van der Waals surface area contributed by atoms with E-state index >= 15 is 0 Å². The Hall–Kier alpha value is -1.79. The summed E-state index contributed by atoms with van der Waals surface area (Å²) in [5.74, 6) is 0.206. The molecule has 0 aliphatic heterocycles. The van der Waals surface area contributed by atoms with E-state index in [0.717, 1.165) is 17.0 Å². The van der Waals surface area contributed by atoms with E-state index in [1.54, 1.807) is 10.9 Å². The maximum absolute atomic E-state index is 10.6. The predicted octanol–water partition coefficient (Wildman–Crippen LogP) is 1.52. The smallest absolute Gasteiger partial charge is 0.321 e. The minimum absolute atomic E-state index is 0.413.